The minimum Gasteiger partial charge on any atom is -0.363 e. The van der Waals surface area contributed by atoms with Gasteiger partial charge in [0, 0.05) is 18.1 Å². The molecule has 0 aliphatic carbocycles. The molecule has 3 heteroatoms. The van der Waals surface area contributed by atoms with Crippen LogP contribution in [0.25, 0.3) is 0 Å². The van der Waals surface area contributed by atoms with E-state index in [1.165, 1.54) is 51.6 Å². The van der Waals surface area contributed by atoms with Gasteiger partial charge in [-0.15, -0.1) is 0 Å². The van der Waals surface area contributed by atoms with E-state index in [1.807, 2.05) is 19.1 Å². The number of rotatable bonds is 2. The molecule has 0 radical (unpaired) electrons. The molecule has 3 fully saturated rings. The maximum Gasteiger partial charge on any atom is 0.146 e. The van der Waals surface area contributed by atoms with Gasteiger partial charge in [-0.1, -0.05) is 6.07 Å². The summed E-state index contributed by atoms with van der Waals surface area (Å²) in [6, 6.07) is 7.56. The molecule has 3 aliphatic heterocycles. The van der Waals surface area contributed by atoms with Crippen molar-refractivity contribution in [3.05, 3.63) is 29.6 Å². The van der Waals surface area contributed by atoms with E-state index in [0.717, 1.165) is 17.3 Å². The molecule has 2 unspecified atom stereocenters. The lowest BCUT2D eigenvalue weighted by atomic mass is 9.95. The third-order valence-electron chi connectivity index (χ3n) is 5.75. The van der Waals surface area contributed by atoms with Gasteiger partial charge in [-0.3, -0.25) is 0 Å². The van der Waals surface area contributed by atoms with Gasteiger partial charge in [-0.2, -0.15) is 0 Å². The van der Waals surface area contributed by atoms with Crippen molar-refractivity contribution in [2.75, 3.05) is 18.0 Å². The van der Waals surface area contributed by atoms with Crippen molar-refractivity contribution in [2.45, 2.75) is 63.6 Å². The average molecular weight is 288 g/mol. The van der Waals surface area contributed by atoms with Crippen molar-refractivity contribution in [1.82, 2.24) is 4.90 Å². The molecule has 3 heterocycles. The largest absolute Gasteiger partial charge is 0.363 e. The number of halogens is 1. The van der Waals surface area contributed by atoms with Crippen molar-refractivity contribution in [3.63, 3.8) is 0 Å². The molecule has 3 saturated heterocycles. The number of piperidine rings is 1. The molecule has 114 valence electrons. The fourth-order valence-corrected chi connectivity index (χ4v) is 4.77. The number of hydrogen-bond donors (Lipinski definition) is 0. The zero-order valence-corrected chi connectivity index (χ0v) is 12.9. The Morgan fingerprint density at radius 2 is 1.67 bits per heavy atom. The maximum atomic E-state index is 14.4. The Hall–Kier alpha value is -1.09. The lowest BCUT2D eigenvalue weighted by Gasteiger charge is -2.43. The van der Waals surface area contributed by atoms with Gasteiger partial charge in [0.15, 0.2) is 0 Å². The summed E-state index contributed by atoms with van der Waals surface area (Å²) in [6.45, 7) is 4.52. The van der Waals surface area contributed by atoms with Crippen molar-refractivity contribution >= 4 is 5.69 Å². The highest BCUT2D eigenvalue weighted by atomic mass is 19.1. The van der Waals surface area contributed by atoms with Gasteiger partial charge >= 0.3 is 0 Å². The van der Waals surface area contributed by atoms with Crippen LogP contribution in [0.1, 0.15) is 44.1 Å². The topological polar surface area (TPSA) is 6.48 Å². The Kier molecular flexibility index (Phi) is 3.41. The Bertz CT molecular complexity index is 510. The molecule has 1 aromatic rings. The molecule has 21 heavy (non-hydrogen) atoms. The van der Waals surface area contributed by atoms with Crippen LogP contribution in [0.2, 0.25) is 0 Å². The molecule has 4 rings (SSSR count). The van der Waals surface area contributed by atoms with E-state index >= 15 is 0 Å². The minimum atomic E-state index is -0.0356. The molecular formula is C18H25FN2. The van der Waals surface area contributed by atoms with Gasteiger partial charge in [-0.05, 0) is 76.2 Å². The molecule has 2 atom stereocenters. The van der Waals surface area contributed by atoms with E-state index < -0.39 is 0 Å². The molecule has 0 saturated carbocycles. The molecule has 0 aromatic heterocycles. The van der Waals surface area contributed by atoms with Crippen LogP contribution in [0.3, 0.4) is 0 Å². The van der Waals surface area contributed by atoms with E-state index in [-0.39, 0.29) is 5.82 Å². The van der Waals surface area contributed by atoms with Crippen LogP contribution in [-0.2, 0) is 0 Å². The third-order valence-corrected chi connectivity index (χ3v) is 5.75. The first-order valence-electron chi connectivity index (χ1n) is 8.51. The number of nitrogens with zero attached hydrogens (tertiary/aromatic N) is 2. The van der Waals surface area contributed by atoms with Crippen molar-refractivity contribution in [3.8, 4) is 0 Å². The average Bonchev–Trinajstić information content (AvgIpc) is 3.06. The summed E-state index contributed by atoms with van der Waals surface area (Å²) in [6.07, 6.45) is 7.66. The summed E-state index contributed by atoms with van der Waals surface area (Å²) in [5.74, 6) is -0.0356. The fraction of sp³-hybridized carbons (Fsp3) is 0.667. The predicted octanol–water partition coefficient (Wildman–Crippen LogP) is 3.73. The highest BCUT2D eigenvalue weighted by molar-refractivity contribution is 5.52. The highest BCUT2D eigenvalue weighted by Gasteiger charge is 2.43. The summed E-state index contributed by atoms with van der Waals surface area (Å²) in [7, 11) is 0. The Labute approximate surface area is 126 Å². The summed E-state index contributed by atoms with van der Waals surface area (Å²) in [5.41, 5.74) is 1.85. The van der Waals surface area contributed by atoms with Crippen molar-refractivity contribution in [2.24, 2.45) is 0 Å². The van der Waals surface area contributed by atoms with Crippen LogP contribution in [0, 0.1) is 12.7 Å². The zero-order valence-electron chi connectivity index (χ0n) is 12.9. The quantitative estimate of drug-likeness (QED) is 0.818. The van der Waals surface area contributed by atoms with E-state index in [1.54, 1.807) is 6.07 Å². The Morgan fingerprint density at radius 1 is 1.00 bits per heavy atom. The van der Waals surface area contributed by atoms with Crippen molar-refractivity contribution < 1.29 is 4.39 Å². The molecule has 1 aromatic carbocycles. The zero-order chi connectivity index (χ0) is 14.4. The molecule has 2 bridgehead atoms. The highest BCUT2D eigenvalue weighted by Crippen LogP contribution is 2.42. The molecular weight excluding hydrogens is 263 g/mol. The van der Waals surface area contributed by atoms with Gasteiger partial charge in [0.2, 0.25) is 0 Å². The predicted molar refractivity (Wildman–Crippen MR) is 84.3 cm³/mol. The second kappa shape index (κ2) is 5.28. The third kappa shape index (κ3) is 2.36. The number of fused-ring (bicyclic) bond motifs is 2. The second-order valence-electron chi connectivity index (χ2n) is 7.12. The first-order valence-corrected chi connectivity index (χ1v) is 8.51. The normalized spacial score (nSPS) is 32.9. The van der Waals surface area contributed by atoms with Crippen LogP contribution in [0.4, 0.5) is 10.1 Å². The summed E-state index contributed by atoms with van der Waals surface area (Å²) in [5, 5.41) is 0. The number of likely N-dealkylation sites (tertiary alicyclic amines) is 1. The first-order chi connectivity index (χ1) is 10.2. The van der Waals surface area contributed by atoms with E-state index in [9.17, 15) is 4.39 Å². The van der Waals surface area contributed by atoms with Crippen LogP contribution in [-0.4, -0.2) is 36.1 Å². The van der Waals surface area contributed by atoms with Crippen molar-refractivity contribution in [1.29, 1.82) is 0 Å². The van der Waals surface area contributed by atoms with Crippen LogP contribution in [0.5, 0.6) is 0 Å². The van der Waals surface area contributed by atoms with Crippen LogP contribution >= 0.6 is 0 Å². The standard InChI is InChI=1S/C18H25FN2/c1-13-4-7-18(17(19)10-13)21-14-5-6-15(21)12-16(11-14)20-8-2-3-9-20/h4,7,10,14-16H,2-3,5-6,8-9,11-12H2,1H3. The van der Waals surface area contributed by atoms with Gasteiger partial charge in [0.25, 0.3) is 0 Å². The molecule has 0 spiro atoms. The molecule has 2 nitrogen and oxygen atoms in total. The van der Waals surface area contributed by atoms with E-state index in [4.69, 9.17) is 0 Å². The van der Waals surface area contributed by atoms with E-state index in [2.05, 4.69) is 9.80 Å². The number of benzene rings is 1. The van der Waals surface area contributed by atoms with E-state index in [0.29, 0.717) is 12.1 Å². The van der Waals surface area contributed by atoms with Crippen LogP contribution < -0.4 is 4.90 Å². The van der Waals surface area contributed by atoms with Gasteiger partial charge in [0.05, 0.1) is 5.69 Å². The number of aryl methyl sites for hydroxylation is 1. The molecule has 0 amide bonds. The maximum absolute atomic E-state index is 14.4. The van der Waals surface area contributed by atoms with Gasteiger partial charge in [0.1, 0.15) is 5.82 Å². The summed E-state index contributed by atoms with van der Waals surface area (Å²) < 4.78 is 14.4. The summed E-state index contributed by atoms with van der Waals surface area (Å²) in [4.78, 5) is 5.09. The minimum absolute atomic E-state index is 0.0356. The SMILES string of the molecule is Cc1ccc(N2C3CCC2CC(N2CCCC2)C3)c(F)c1. The number of hydrogen-bond acceptors (Lipinski definition) is 2. The summed E-state index contributed by atoms with van der Waals surface area (Å²) >= 11 is 0. The smallest absolute Gasteiger partial charge is 0.146 e. The fourth-order valence-electron chi connectivity index (χ4n) is 4.77. The Morgan fingerprint density at radius 3 is 2.29 bits per heavy atom. The van der Waals surface area contributed by atoms with Gasteiger partial charge in [-0.25, -0.2) is 4.39 Å². The lowest BCUT2D eigenvalue weighted by molar-refractivity contribution is 0.186. The number of anilines is 1. The van der Waals surface area contributed by atoms with Gasteiger partial charge < -0.3 is 9.80 Å². The second-order valence-corrected chi connectivity index (χ2v) is 7.12. The molecule has 0 N–H and O–H groups in total. The first kappa shape index (κ1) is 13.6. The Balaban J connectivity index is 1.56. The molecule has 3 aliphatic rings. The van der Waals surface area contributed by atoms with Crippen LogP contribution in [0.15, 0.2) is 18.2 Å². The lowest BCUT2D eigenvalue weighted by Crippen LogP contribution is -2.50. The monoisotopic (exact) mass is 288 g/mol.